The highest BCUT2D eigenvalue weighted by Gasteiger charge is 2.16. The van der Waals surface area contributed by atoms with Crippen LogP contribution in [0.2, 0.25) is 10.3 Å². The van der Waals surface area contributed by atoms with Crippen LogP contribution in [0, 0.1) is 0 Å². The zero-order valence-electron chi connectivity index (χ0n) is 11.6. The average Bonchev–Trinajstić information content (AvgIpc) is 2.45. The molecule has 0 bridgehead atoms. The smallest absolute Gasteiger partial charge is 0.164 e. The van der Waals surface area contributed by atoms with Crippen molar-refractivity contribution in [1.29, 1.82) is 0 Å². The molecule has 0 saturated heterocycles. The molecule has 21 heavy (non-hydrogen) atoms. The molecule has 0 aliphatic carbocycles. The van der Waals surface area contributed by atoms with E-state index in [0.29, 0.717) is 16.1 Å². The highest BCUT2D eigenvalue weighted by atomic mass is 35.5. The topological polar surface area (TPSA) is 38.7 Å². The molecule has 0 unspecified atom stereocenters. The summed E-state index contributed by atoms with van der Waals surface area (Å²) in [6.07, 6.45) is 3.55. The molecule has 0 spiro atoms. The maximum absolute atomic E-state index is 6.27. The zero-order valence-corrected chi connectivity index (χ0v) is 13.2. The lowest BCUT2D eigenvalue weighted by Crippen LogP contribution is -2.00. The maximum Gasteiger partial charge on any atom is 0.164 e. The van der Waals surface area contributed by atoms with Crippen LogP contribution in [0.15, 0.2) is 36.7 Å². The molecule has 3 aromatic rings. The molecule has 3 nitrogen and oxygen atoms in total. The highest BCUT2D eigenvalue weighted by Crippen LogP contribution is 2.32. The third-order valence-electron chi connectivity index (χ3n) is 3.34. The van der Waals surface area contributed by atoms with Gasteiger partial charge >= 0.3 is 0 Å². The molecule has 0 radical (unpaired) electrons. The molecule has 0 atom stereocenters. The summed E-state index contributed by atoms with van der Waals surface area (Å²) >= 11 is 12.5. The Morgan fingerprint density at radius 3 is 2.29 bits per heavy atom. The van der Waals surface area contributed by atoms with Crippen molar-refractivity contribution in [2.45, 2.75) is 19.8 Å². The van der Waals surface area contributed by atoms with E-state index in [2.05, 4.69) is 15.0 Å². The third-order valence-corrected chi connectivity index (χ3v) is 3.92. The molecule has 106 valence electrons. The van der Waals surface area contributed by atoms with Gasteiger partial charge in [-0.25, -0.2) is 9.97 Å². The Morgan fingerprint density at radius 2 is 1.62 bits per heavy atom. The Morgan fingerprint density at radius 1 is 0.952 bits per heavy atom. The molecule has 0 amide bonds. The first-order valence-corrected chi connectivity index (χ1v) is 7.39. The summed E-state index contributed by atoms with van der Waals surface area (Å²) in [6.45, 7) is 4.02. The van der Waals surface area contributed by atoms with Crippen molar-refractivity contribution in [3.05, 3.63) is 52.5 Å². The molecule has 0 aliphatic heterocycles. The summed E-state index contributed by atoms with van der Waals surface area (Å²) in [5.74, 6) is 0.670. The van der Waals surface area contributed by atoms with E-state index in [1.807, 2.05) is 44.3 Å². The molecule has 2 aromatic heterocycles. The fraction of sp³-hybridized carbons (Fsp3) is 0.188. The van der Waals surface area contributed by atoms with Gasteiger partial charge in [0.2, 0.25) is 0 Å². The van der Waals surface area contributed by atoms with E-state index < -0.39 is 0 Å². The standard InChI is InChI=1S/C16H13Cl2N3/c1-9(2)13-14(17)20-16(21-15(13)18)12-8-19-7-10-5-3-4-6-11(10)12/h3-9H,1-2H3. The van der Waals surface area contributed by atoms with E-state index in [0.717, 1.165) is 21.9 Å². The number of pyridine rings is 1. The van der Waals surface area contributed by atoms with Crippen LogP contribution in [0.5, 0.6) is 0 Å². The molecule has 5 heteroatoms. The number of halogens is 2. The largest absolute Gasteiger partial charge is 0.263 e. The van der Waals surface area contributed by atoms with Crippen molar-refractivity contribution in [2.75, 3.05) is 0 Å². The first-order valence-electron chi connectivity index (χ1n) is 6.64. The summed E-state index contributed by atoms with van der Waals surface area (Å²) in [5.41, 5.74) is 1.60. The minimum Gasteiger partial charge on any atom is -0.263 e. The molecule has 2 heterocycles. The van der Waals surface area contributed by atoms with E-state index >= 15 is 0 Å². The summed E-state index contributed by atoms with van der Waals surface area (Å²) in [6, 6.07) is 7.94. The lowest BCUT2D eigenvalue weighted by Gasteiger charge is -2.11. The molecular weight excluding hydrogens is 305 g/mol. The van der Waals surface area contributed by atoms with Gasteiger partial charge in [-0.1, -0.05) is 61.3 Å². The summed E-state index contributed by atoms with van der Waals surface area (Å²) in [7, 11) is 0. The van der Waals surface area contributed by atoms with E-state index in [4.69, 9.17) is 23.2 Å². The first-order chi connectivity index (χ1) is 10.1. The fourth-order valence-electron chi connectivity index (χ4n) is 2.31. The van der Waals surface area contributed by atoms with Crippen LogP contribution in [-0.2, 0) is 0 Å². The molecule has 3 rings (SSSR count). The number of hydrogen-bond acceptors (Lipinski definition) is 3. The van der Waals surface area contributed by atoms with Crippen LogP contribution in [0.3, 0.4) is 0 Å². The Labute approximate surface area is 133 Å². The monoisotopic (exact) mass is 317 g/mol. The summed E-state index contributed by atoms with van der Waals surface area (Å²) < 4.78 is 0. The van der Waals surface area contributed by atoms with Crippen LogP contribution in [0.1, 0.15) is 25.3 Å². The third kappa shape index (κ3) is 2.59. The molecule has 0 aliphatic rings. The maximum atomic E-state index is 6.27. The van der Waals surface area contributed by atoms with Gasteiger partial charge in [-0.15, -0.1) is 0 Å². The normalized spacial score (nSPS) is 11.3. The van der Waals surface area contributed by atoms with E-state index in [9.17, 15) is 0 Å². The minimum atomic E-state index is 0.171. The van der Waals surface area contributed by atoms with Crippen molar-refractivity contribution in [2.24, 2.45) is 0 Å². The lowest BCUT2D eigenvalue weighted by atomic mass is 10.1. The van der Waals surface area contributed by atoms with Crippen molar-refractivity contribution < 1.29 is 0 Å². The fourth-order valence-corrected chi connectivity index (χ4v) is 3.13. The van der Waals surface area contributed by atoms with Crippen molar-refractivity contribution in [3.8, 4) is 11.4 Å². The molecular formula is C16H13Cl2N3. The van der Waals surface area contributed by atoms with Gasteiger partial charge in [0.05, 0.1) is 0 Å². The molecule has 1 aromatic carbocycles. The van der Waals surface area contributed by atoms with E-state index in [-0.39, 0.29) is 5.92 Å². The number of rotatable bonds is 2. The van der Waals surface area contributed by atoms with Gasteiger partial charge in [-0.05, 0) is 11.3 Å². The average molecular weight is 318 g/mol. The highest BCUT2D eigenvalue weighted by molar-refractivity contribution is 6.34. The van der Waals surface area contributed by atoms with Crippen molar-refractivity contribution >= 4 is 34.0 Å². The van der Waals surface area contributed by atoms with Crippen LogP contribution < -0.4 is 0 Å². The van der Waals surface area contributed by atoms with Gasteiger partial charge in [0.15, 0.2) is 5.82 Å². The number of benzene rings is 1. The zero-order chi connectivity index (χ0) is 15.0. The molecule has 0 fully saturated rings. The van der Waals surface area contributed by atoms with Crippen LogP contribution in [0.25, 0.3) is 22.2 Å². The molecule has 0 N–H and O–H groups in total. The lowest BCUT2D eigenvalue weighted by molar-refractivity contribution is 0.848. The second-order valence-electron chi connectivity index (χ2n) is 5.11. The number of fused-ring (bicyclic) bond motifs is 1. The van der Waals surface area contributed by atoms with Gasteiger partial charge in [-0.2, -0.15) is 0 Å². The Kier molecular flexibility index (Phi) is 3.79. The van der Waals surface area contributed by atoms with Gasteiger partial charge < -0.3 is 0 Å². The summed E-state index contributed by atoms with van der Waals surface area (Å²) in [5, 5.41) is 2.84. The predicted molar refractivity (Wildman–Crippen MR) is 86.9 cm³/mol. The Hall–Kier alpha value is -1.71. The second-order valence-corrected chi connectivity index (χ2v) is 5.82. The minimum absolute atomic E-state index is 0.171. The van der Waals surface area contributed by atoms with Crippen molar-refractivity contribution in [3.63, 3.8) is 0 Å². The van der Waals surface area contributed by atoms with Crippen molar-refractivity contribution in [1.82, 2.24) is 15.0 Å². The van der Waals surface area contributed by atoms with E-state index in [1.54, 1.807) is 6.20 Å². The SMILES string of the molecule is CC(C)c1c(Cl)nc(-c2cncc3ccccc23)nc1Cl. The summed E-state index contributed by atoms with van der Waals surface area (Å²) in [4.78, 5) is 13.1. The quantitative estimate of drug-likeness (QED) is 0.615. The Balaban J connectivity index is 2.24. The van der Waals surface area contributed by atoms with Gasteiger partial charge in [-0.3, -0.25) is 4.98 Å². The second kappa shape index (κ2) is 5.58. The number of nitrogens with zero attached hydrogens (tertiary/aromatic N) is 3. The van der Waals surface area contributed by atoms with Gasteiger partial charge in [0.1, 0.15) is 10.3 Å². The van der Waals surface area contributed by atoms with Crippen LogP contribution in [0.4, 0.5) is 0 Å². The van der Waals surface area contributed by atoms with Gasteiger partial charge in [0, 0.05) is 28.9 Å². The number of aromatic nitrogens is 3. The van der Waals surface area contributed by atoms with Crippen LogP contribution in [-0.4, -0.2) is 15.0 Å². The molecule has 0 saturated carbocycles. The number of hydrogen-bond donors (Lipinski definition) is 0. The first kappa shape index (κ1) is 14.2. The van der Waals surface area contributed by atoms with Gasteiger partial charge in [0.25, 0.3) is 0 Å². The van der Waals surface area contributed by atoms with Crippen LogP contribution >= 0.6 is 23.2 Å². The van der Waals surface area contributed by atoms with E-state index in [1.165, 1.54) is 0 Å². The Bertz CT molecular complexity index is 787. The predicted octanol–water partition coefficient (Wildman–Crippen LogP) is 5.12.